The fourth-order valence-electron chi connectivity index (χ4n) is 2.82. The SMILES string of the molecule is Cc1cccc(-c2nc(C(C)C)no2)c1NC(=O)c1ccc(F)c(S(=O)(=O)N(C)C)c1. The molecule has 0 aliphatic rings. The van der Waals surface area contributed by atoms with Crippen LogP contribution in [0.1, 0.15) is 41.5 Å². The van der Waals surface area contributed by atoms with E-state index in [0.717, 1.165) is 22.0 Å². The first-order chi connectivity index (χ1) is 14.5. The maximum atomic E-state index is 14.2. The summed E-state index contributed by atoms with van der Waals surface area (Å²) in [5.74, 6) is -0.691. The van der Waals surface area contributed by atoms with Gasteiger partial charge >= 0.3 is 0 Å². The number of nitrogens with one attached hydrogen (secondary N) is 1. The topological polar surface area (TPSA) is 105 Å². The summed E-state index contributed by atoms with van der Waals surface area (Å²) in [5.41, 5.74) is 1.69. The molecule has 0 fully saturated rings. The Morgan fingerprint density at radius 3 is 2.52 bits per heavy atom. The van der Waals surface area contributed by atoms with Crippen molar-refractivity contribution in [2.45, 2.75) is 31.6 Å². The number of nitrogens with zero attached hydrogens (tertiary/aromatic N) is 3. The van der Waals surface area contributed by atoms with Gasteiger partial charge in [-0.3, -0.25) is 4.79 Å². The number of para-hydroxylation sites is 1. The molecule has 0 spiro atoms. The number of carbonyl (C=O) groups excluding carboxylic acids is 1. The van der Waals surface area contributed by atoms with Gasteiger partial charge < -0.3 is 9.84 Å². The van der Waals surface area contributed by atoms with E-state index in [4.69, 9.17) is 4.52 Å². The Morgan fingerprint density at radius 1 is 1.19 bits per heavy atom. The highest BCUT2D eigenvalue weighted by Gasteiger charge is 2.24. The summed E-state index contributed by atoms with van der Waals surface area (Å²) < 4.78 is 45.1. The van der Waals surface area contributed by atoms with E-state index in [1.54, 1.807) is 25.1 Å². The van der Waals surface area contributed by atoms with Gasteiger partial charge in [0, 0.05) is 25.6 Å². The molecule has 10 heteroatoms. The predicted octanol–water partition coefficient (Wildman–Crippen LogP) is 3.81. The molecule has 0 unspecified atom stereocenters. The van der Waals surface area contributed by atoms with Gasteiger partial charge in [0.1, 0.15) is 10.7 Å². The molecular weight excluding hydrogens is 423 g/mol. The summed E-state index contributed by atoms with van der Waals surface area (Å²) in [6, 6.07) is 8.51. The van der Waals surface area contributed by atoms with E-state index >= 15 is 0 Å². The number of rotatable bonds is 6. The van der Waals surface area contributed by atoms with Crippen LogP contribution in [0.15, 0.2) is 45.8 Å². The summed E-state index contributed by atoms with van der Waals surface area (Å²) in [7, 11) is -1.48. The number of carbonyl (C=O) groups is 1. The van der Waals surface area contributed by atoms with Crippen molar-refractivity contribution in [3.63, 3.8) is 0 Å². The Bertz CT molecular complexity index is 1240. The van der Waals surface area contributed by atoms with Crippen LogP contribution in [0.25, 0.3) is 11.5 Å². The van der Waals surface area contributed by atoms with Gasteiger partial charge in [0.2, 0.25) is 10.0 Å². The molecule has 1 aromatic heterocycles. The Morgan fingerprint density at radius 2 is 1.90 bits per heavy atom. The Balaban J connectivity index is 2.00. The zero-order valence-electron chi connectivity index (χ0n) is 17.8. The Kier molecular flexibility index (Phi) is 6.23. The molecule has 0 radical (unpaired) electrons. The number of halogens is 1. The smallest absolute Gasteiger partial charge is 0.260 e. The maximum absolute atomic E-state index is 14.2. The molecular formula is C21H23FN4O4S. The molecule has 0 aliphatic carbocycles. The lowest BCUT2D eigenvalue weighted by Gasteiger charge is -2.14. The lowest BCUT2D eigenvalue weighted by molar-refractivity contribution is 0.102. The van der Waals surface area contributed by atoms with Crippen LogP contribution in [0.4, 0.5) is 10.1 Å². The van der Waals surface area contributed by atoms with Crippen LogP contribution >= 0.6 is 0 Å². The van der Waals surface area contributed by atoms with Gasteiger partial charge in [-0.05, 0) is 36.8 Å². The van der Waals surface area contributed by atoms with E-state index in [2.05, 4.69) is 15.5 Å². The third-order valence-electron chi connectivity index (χ3n) is 4.65. The number of hydrogen-bond acceptors (Lipinski definition) is 6. The van der Waals surface area contributed by atoms with Gasteiger partial charge in [0.15, 0.2) is 5.82 Å². The number of aromatic nitrogens is 2. The predicted molar refractivity (Wildman–Crippen MR) is 114 cm³/mol. The standard InChI is InChI=1S/C21H23FN4O4S/c1-12(2)19-24-21(30-25-19)15-8-6-7-13(3)18(15)23-20(27)14-9-10-16(22)17(11-14)31(28,29)26(4)5/h6-12H,1-5H3,(H,23,27). The number of aryl methyl sites for hydroxylation is 1. The van der Waals surface area contributed by atoms with Gasteiger partial charge in [0.05, 0.1) is 11.3 Å². The first kappa shape index (κ1) is 22.6. The maximum Gasteiger partial charge on any atom is 0.260 e. The second-order valence-electron chi connectivity index (χ2n) is 7.50. The summed E-state index contributed by atoms with van der Waals surface area (Å²) in [6.45, 7) is 5.66. The van der Waals surface area contributed by atoms with Crippen LogP contribution in [-0.4, -0.2) is 42.9 Å². The van der Waals surface area contributed by atoms with Crippen LogP contribution in [0, 0.1) is 12.7 Å². The molecule has 0 bridgehead atoms. The summed E-state index contributed by atoms with van der Waals surface area (Å²) in [5, 5.41) is 6.72. The van der Waals surface area contributed by atoms with Crippen molar-refractivity contribution >= 4 is 21.6 Å². The fourth-order valence-corrected chi connectivity index (χ4v) is 3.80. The van der Waals surface area contributed by atoms with Crippen molar-refractivity contribution in [3.05, 3.63) is 59.2 Å². The van der Waals surface area contributed by atoms with E-state index < -0.39 is 26.6 Å². The molecule has 0 saturated carbocycles. The van der Waals surface area contributed by atoms with Crippen LogP contribution in [0.5, 0.6) is 0 Å². The molecule has 3 aromatic rings. The van der Waals surface area contributed by atoms with Crippen LogP contribution in [0.2, 0.25) is 0 Å². The van der Waals surface area contributed by atoms with Crippen LogP contribution in [-0.2, 0) is 10.0 Å². The minimum absolute atomic E-state index is 0.00979. The van der Waals surface area contributed by atoms with Crippen molar-refractivity contribution in [2.24, 2.45) is 0 Å². The molecule has 1 amide bonds. The molecule has 0 aliphatic heterocycles. The van der Waals surface area contributed by atoms with E-state index in [1.165, 1.54) is 20.2 Å². The average molecular weight is 447 g/mol. The second-order valence-corrected chi connectivity index (χ2v) is 9.62. The number of benzene rings is 2. The van der Waals surface area contributed by atoms with Crippen molar-refractivity contribution in [3.8, 4) is 11.5 Å². The summed E-state index contributed by atoms with van der Waals surface area (Å²) >= 11 is 0. The first-order valence-electron chi connectivity index (χ1n) is 9.49. The average Bonchev–Trinajstić information content (AvgIpc) is 3.20. The number of hydrogen-bond donors (Lipinski definition) is 1. The van der Waals surface area contributed by atoms with Crippen molar-refractivity contribution in [1.29, 1.82) is 0 Å². The minimum atomic E-state index is -4.06. The normalized spacial score (nSPS) is 11.9. The van der Waals surface area contributed by atoms with Crippen LogP contribution < -0.4 is 5.32 Å². The molecule has 1 heterocycles. The molecule has 3 rings (SSSR count). The molecule has 0 saturated heterocycles. The first-order valence-corrected chi connectivity index (χ1v) is 10.9. The second kappa shape index (κ2) is 8.56. The van der Waals surface area contributed by atoms with Crippen molar-refractivity contribution in [2.75, 3.05) is 19.4 Å². The van der Waals surface area contributed by atoms with Gasteiger partial charge in [-0.25, -0.2) is 17.1 Å². The third-order valence-corrected chi connectivity index (χ3v) is 6.48. The van der Waals surface area contributed by atoms with E-state index in [0.29, 0.717) is 17.1 Å². The van der Waals surface area contributed by atoms with E-state index in [1.807, 2.05) is 13.8 Å². The fraction of sp³-hybridized carbons (Fsp3) is 0.286. The zero-order valence-corrected chi connectivity index (χ0v) is 18.6. The molecule has 0 atom stereocenters. The van der Waals surface area contributed by atoms with Gasteiger partial charge in [-0.2, -0.15) is 4.98 Å². The van der Waals surface area contributed by atoms with Gasteiger partial charge in [-0.1, -0.05) is 31.1 Å². The highest BCUT2D eigenvalue weighted by atomic mass is 32.2. The lowest BCUT2D eigenvalue weighted by Crippen LogP contribution is -2.24. The Hall–Kier alpha value is -3.11. The van der Waals surface area contributed by atoms with E-state index in [-0.39, 0.29) is 17.4 Å². The van der Waals surface area contributed by atoms with E-state index in [9.17, 15) is 17.6 Å². The van der Waals surface area contributed by atoms with Crippen molar-refractivity contribution in [1.82, 2.24) is 14.4 Å². The molecule has 8 nitrogen and oxygen atoms in total. The number of sulfonamides is 1. The summed E-state index contributed by atoms with van der Waals surface area (Å²) in [6.07, 6.45) is 0. The molecule has 1 N–H and O–H groups in total. The molecule has 31 heavy (non-hydrogen) atoms. The zero-order chi connectivity index (χ0) is 22.9. The van der Waals surface area contributed by atoms with Crippen LogP contribution in [0.3, 0.4) is 0 Å². The minimum Gasteiger partial charge on any atom is -0.334 e. The largest absolute Gasteiger partial charge is 0.334 e. The highest BCUT2D eigenvalue weighted by molar-refractivity contribution is 7.89. The lowest BCUT2D eigenvalue weighted by atomic mass is 10.1. The van der Waals surface area contributed by atoms with Gasteiger partial charge in [0.25, 0.3) is 11.8 Å². The number of amides is 1. The third kappa shape index (κ3) is 4.49. The quantitative estimate of drug-likeness (QED) is 0.617. The molecule has 2 aromatic carbocycles. The Labute approximate surface area is 180 Å². The van der Waals surface area contributed by atoms with Gasteiger partial charge in [-0.15, -0.1) is 0 Å². The monoisotopic (exact) mass is 446 g/mol. The molecule has 164 valence electrons. The summed E-state index contributed by atoms with van der Waals surface area (Å²) in [4.78, 5) is 16.7. The van der Waals surface area contributed by atoms with Crippen molar-refractivity contribution < 1.29 is 22.1 Å². The number of anilines is 1. The highest BCUT2D eigenvalue weighted by Crippen LogP contribution is 2.31.